The molecule has 2 rings (SSSR count). The second-order valence-electron chi connectivity index (χ2n) is 5.37. The number of nitrogens with zero attached hydrogens (tertiary/aromatic N) is 2. The van der Waals surface area contributed by atoms with Crippen LogP contribution < -0.4 is 4.74 Å². The molecule has 1 aromatic heterocycles. The Bertz CT molecular complexity index is 619. The van der Waals surface area contributed by atoms with Gasteiger partial charge in [-0.15, -0.1) is 0 Å². The molecule has 0 aliphatic carbocycles. The molecular weight excluding hydrogens is 284 g/mol. The summed E-state index contributed by atoms with van der Waals surface area (Å²) in [5.41, 5.74) is 0.797. The molecule has 6 heteroatoms. The minimum Gasteiger partial charge on any atom is -0.479 e. The van der Waals surface area contributed by atoms with Gasteiger partial charge < -0.3 is 14.4 Å². The molecule has 0 radical (unpaired) electrons. The molecule has 1 heterocycles. The Morgan fingerprint density at radius 3 is 2.50 bits per heavy atom. The van der Waals surface area contributed by atoms with Crippen molar-refractivity contribution in [1.82, 2.24) is 10.1 Å². The number of benzene rings is 1. The number of hydrogen-bond donors (Lipinski definition) is 1. The maximum Gasteiger partial charge on any atom is 0.344 e. The maximum absolute atomic E-state index is 11.1. The van der Waals surface area contributed by atoms with Crippen LogP contribution in [-0.2, 0) is 4.79 Å². The van der Waals surface area contributed by atoms with E-state index in [1.807, 2.05) is 20.8 Å². The number of carbonyl (C=O) groups is 1. The molecule has 1 N–H and O–H groups in total. The number of carboxylic acid groups (broad SMARTS) is 1. The van der Waals surface area contributed by atoms with Crippen LogP contribution in [0.1, 0.15) is 45.4 Å². The number of hydrogen-bond acceptors (Lipinski definition) is 5. The van der Waals surface area contributed by atoms with Crippen LogP contribution in [0.5, 0.6) is 5.75 Å². The molecule has 0 spiro atoms. The first-order valence-corrected chi connectivity index (χ1v) is 7.34. The molecule has 0 aliphatic heterocycles. The van der Waals surface area contributed by atoms with E-state index in [2.05, 4.69) is 10.1 Å². The van der Waals surface area contributed by atoms with Crippen LogP contribution in [0.3, 0.4) is 0 Å². The van der Waals surface area contributed by atoms with Gasteiger partial charge in [0.25, 0.3) is 0 Å². The van der Waals surface area contributed by atoms with Gasteiger partial charge in [-0.2, -0.15) is 4.98 Å². The minimum absolute atomic E-state index is 0.175. The lowest BCUT2D eigenvalue weighted by molar-refractivity contribution is -0.145. The summed E-state index contributed by atoms with van der Waals surface area (Å²) in [6.07, 6.45) is 0.392. The third-order valence-corrected chi connectivity index (χ3v) is 3.15. The molecule has 0 fully saturated rings. The van der Waals surface area contributed by atoms with E-state index in [-0.39, 0.29) is 5.92 Å². The van der Waals surface area contributed by atoms with E-state index in [1.54, 1.807) is 24.3 Å². The Morgan fingerprint density at radius 1 is 1.32 bits per heavy atom. The Kier molecular flexibility index (Phi) is 5.14. The lowest BCUT2D eigenvalue weighted by Crippen LogP contribution is -2.26. The quantitative estimate of drug-likeness (QED) is 0.842. The molecule has 0 saturated carbocycles. The highest BCUT2D eigenvalue weighted by Crippen LogP contribution is 2.23. The highest BCUT2D eigenvalue weighted by molar-refractivity contribution is 5.72. The fraction of sp³-hybridized carbons (Fsp3) is 0.438. The van der Waals surface area contributed by atoms with E-state index in [4.69, 9.17) is 14.4 Å². The normalized spacial score (nSPS) is 12.4. The van der Waals surface area contributed by atoms with Crippen molar-refractivity contribution in [3.63, 3.8) is 0 Å². The summed E-state index contributed by atoms with van der Waals surface area (Å²) in [6.45, 7) is 5.88. The van der Waals surface area contributed by atoms with E-state index >= 15 is 0 Å². The van der Waals surface area contributed by atoms with Gasteiger partial charge in [0, 0.05) is 11.5 Å². The lowest BCUT2D eigenvalue weighted by Gasteiger charge is -2.14. The Morgan fingerprint density at radius 2 is 2.00 bits per heavy atom. The standard InChI is InChI=1S/C16H20N2O4/c1-4-5-13(16(19)20)21-12-8-6-11(7-9-12)14-17-15(10(2)3)22-18-14/h6-10,13H,4-5H2,1-3H3,(H,19,20)/t13-/m0/s1. The molecule has 118 valence electrons. The van der Waals surface area contributed by atoms with Crippen molar-refractivity contribution in [2.24, 2.45) is 0 Å². The number of carboxylic acids is 1. The number of ether oxygens (including phenoxy) is 1. The van der Waals surface area contributed by atoms with Gasteiger partial charge in [-0.1, -0.05) is 32.3 Å². The highest BCUT2D eigenvalue weighted by Gasteiger charge is 2.18. The minimum atomic E-state index is -0.953. The van der Waals surface area contributed by atoms with Crippen molar-refractivity contribution in [3.05, 3.63) is 30.2 Å². The number of aliphatic carboxylic acids is 1. The van der Waals surface area contributed by atoms with Crippen LogP contribution in [0, 0.1) is 0 Å². The van der Waals surface area contributed by atoms with Crippen LogP contribution in [-0.4, -0.2) is 27.3 Å². The largest absolute Gasteiger partial charge is 0.479 e. The van der Waals surface area contributed by atoms with Crippen molar-refractivity contribution in [2.45, 2.75) is 45.6 Å². The topological polar surface area (TPSA) is 85.5 Å². The van der Waals surface area contributed by atoms with Crippen LogP contribution in [0.2, 0.25) is 0 Å². The average molecular weight is 304 g/mol. The van der Waals surface area contributed by atoms with Crippen LogP contribution in [0.15, 0.2) is 28.8 Å². The molecule has 0 unspecified atom stereocenters. The van der Waals surface area contributed by atoms with E-state index < -0.39 is 12.1 Å². The monoisotopic (exact) mass is 304 g/mol. The third kappa shape index (κ3) is 3.84. The molecule has 6 nitrogen and oxygen atoms in total. The van der Waals surface area contributed by atoms with Crippen molar-refractivity contribution in [2.75, 3.05) is 0 Å². The lowest BCUT2D eigenvalue weighted by atomic mass is 10.2. The zero-order chi connectivity index (χ0) is 16.1. The van der Waals surface area contributed by atoms with Crippen molar-refractivity contribution in [1.29, 1.82) is 0 Å². The zero-order valence-corrected chi connectivity index (χ0v) is 12.9. The highest BCUT2D eigenvalue weighted by atomic mass is 16.5. The van der Waals surface area contributed by atoms with E-state index in [0.29, 0.717) is 23.9 Å². The van der Waals surface area contributed by atoms with E-state index in [0.717, 1.165) is 12.0 Å². The summed E-state index contributed by atoms with van der Waals surface area (Å²) in [6, 6.07) is 7.00. The van der Waals surface area contributed by atoms with Crippen LogP contribution in [0.25, 0.3) is 11.4 Å². The molecular formula is C16H20N2O4. The molecule has 0 bridgehead atoms. The fourth-order valence-electron chi connectivity index (χ4n) is 1.93. The van der Waals surface area contributed by atoms with Crippen LogP contribution in [0.4, 0.5) is 0 Å². The number of aromatic nitrogens is 2. The van der Waals surface area contributed by atoms with Crippen molar-refractivity contribution < 1.29 is 19.2 Å². The molecule has 0 saturated heterocycles. The van der Waals surface area contributed by atoms with Gasteiger partial charge in [-0.3, -0.25) is 0 Å². The fourth-order valence-corrected chi connectivity index (χ4v) is 1.93. The Labute approximate surface area is 129 Å². The van der Waals surface area contributed by atoms with Gasteiger partial charge in [0.15, 0.2) is 6.10 Å². The van der Waals surface area contributed by atoms with Gasteiger partial charge in [0.2, 0.25) is 11.7 Å². The molecule has 22 heavy (non-hydrogen) atoms. The third-order valence-electron chi connectivity index (χ3n) is 3.15. The average Bonchev–Trinajstić information content (AvgIpc) is 2.97. The van der Waals surface area contributed by atoms with Gasteiger partial charge >= 0.3 is 5.97 Å². The first kappa shape index (κ1) is 16.0. The summed E-state index contributed by atoms with van der Waals surface area (Å²) in [5.74, 6) is 0.833. The second-order valence-corrected chi connectivity index (χ2v) is 5.37. The van der Waals surface area contributed by atoms with E-state index in [9.17, 15) is 4.79 Å². The summed E-state index contributed by atoms with van der Waals surface area (Å²) in [7, 11) is 0. The van der Waals surface area contributed by atoms with Gasteiger partial charge in [-0.05, 0) is 30.7 Å². The van der Waals surface area contributed by atoms with Crippen LogP contribution >= 0.6 is 0 Å². The van der Waals surface area contributed by atoms with Gasteiger partial charge in [0.05, 0.1) is 0 Å². The van der Waals surface area contributed by atoms with Gasteiger partial charge in [-0.25, -0.2) is 4.79 Å². The SMILES string of the molecule is CCC[C@H](Oc1ccc(-c2noc(C(C)C)n2)cc1)C(=O)O. The zero-order valence-electron chi connectivity index (χ0n) is 12.9. The number of rotatable bonds is 7. The first-order valence-electron chi connectivity index (χ1n) is 7.34. The summed E-state index contributed by atoms with van der Waals surface area (Å²) in [5, 5.41) is 13.0. The predicted molar refractivity (Wildman–Crippen MR) is 80.8 cm³/mol. The molecule has 1 atom stereocenters. The van der Waals surface area contributed by atoms with E-state index in [1.165, 1.54) is 0 Å². The Balaban J connectivity index is 2.10. The predicted octanol–water partition coefficient (Wildman–Crippen LogP) is 3.49. The summed E-state index contributed by atoms with van der Waals surface area (Å²) >= 11 is 0. The van der Waals surface area contributed by atoms with Gasteiger partial charge in [0.1, 0.15) is 5.75 Å². The van der Waals surface area contributed by atoms with Crippen molar-refractivity contribution >= 4 is 5.97 Å². The maximum atomic E-state index is 11.1. The molecule has 1 aromatic carbocycles. The smallest absolute Gasteiger partial charge is 0.344 e. The molecule has 0 amide bonds. The molecule has 2 aromatic rings. The second kappa shape index (κ2) is 7.06. The first-order chi connectivity index (χ1) is 10.5. The Hall–Kier alpha value is -2.37. The van der Waals surface area contributed by atoms with Crippen molar-refractivity contribution in [3.8, 4) is 17.1 Å². The summed E-state index contributed by atoms with van der Waals surface area (Å²) < 4.78 is 10.7. The molecule has 0 aliphatic rings. The summed E-state index contributed by atoms with van der Waals surface area (Å²) in [4.78, 5) is 15.4.